The molecule has 1 amide bonds. The number of hydrogen-bond acceptors (Lipinski definition) is 4. The summed E-state index contributed by atoms with van der Waals surface area (Å²) in [6.45, 7) is 2.71. The minimum Gasteiger partial charge on any atom is -0.494 e. The van der Waals surface area contributed by atoms with Crippen molar-refractivity contribution in [2.45, 2.75) is 26.3 Å². The van der Waals surface area contributed by atoms with Gasteiger partial charge in [-0.25, -0.2) is 0 Å². The van der Waals surface area contributed by atoms with E-state index in [4.69, 9.17) is 14.6 Å². The van der Waals surface area contributed by atoms with E-state index < -0.39 is 5.97 Å². The van der Waals surface area contributed by atoms with E-state index in [1.807, 2.05) is 43.3 Å². The normalized spacial score (nSPS) is 10.2. The van der Waals surface area contributed by atoms with E-state index in [9.17, 15) is 9.59 Å². The van der Waals surface area contributed by atoms with Gasteiger partial charge >= 0.3 is 5.97 Å². The Morgan fingerprint density at radius 3 is 2.23 bits per heavy atom. The van der Waals surface area contributed by atoms with Crippen molar-refractivity contribution in [1.82, 2.24) is 5.32 Å². The molecule has 2 rings (SSSR count). The van der Waals surface area contributed by atoms with Crippen LogP contribution in [0.3, 0.4) is 0 Å². The van der Waals surface area contributed by atoms with Crippen molar-refractivity contribution in [2.24, 2.45) is 0 Å². The highest BCUT2D eigenvalue weighted by molar-refractivity contribution is 5.77. The molecule has 0 unspecified atom stereocenters. The van der Waals surface area contributed by atoms with E-state index in [2.05, 4.69) is 5.32 Å². The number of carbonyl (C=O) groups excluding carboxylic acids is 1. The summed E-state index contributed by atoms with van der Waals surface area (Å²) >= 11 is 0. The summed E-state index contributed by atoms with van der Waals surface area (Å²) in [7, 11) is 0. The van der Waals surface area contributed by atoms with Crippen LogP contribution in [-0.2, 0) is 16.1 Å². The van der Waals surface area contributed by atoms with E-state index in [0.29, 0.717) is 31.1 Å². The van der Waals surface area contributed by atoms with Gasteiger partial charge in [0, 0.05) is 13.0 Å². The summed E-state index contributed by atoms with van der Waals surface area (Å²) < 4.78 is 10.9. The number of amides is 1. The average Bonchev–Trinajstić information content (AvgIpc) is 2.64. The first kappa shape index (κ1) is 19.3. The SMILES string of the molecule is Cc1ccc(OCC(=O)NCc2ccc(OCCCC(=O)O)cc2)cc1. The minimum absolute atomic E-state index is 0.0339. The molecule has 26 heavy (non-hydrogen) atoms. The Balaban J connectivity index is 1.67. The van der Waals surface area contributed by atoms with Crippen LogP contribution in [0.2, 0.25) is 0 Å². The quantitative estimate of drug-likeness (QED) is 0.639. The number of hydrogen-bond donors (Lipinski definition) is 2. The summed E-state index contributed by atoms with van der Waals surface area (Å²) in [5.74, 6) is 0.314. The van der Waals surface area contributed by atoms with Gasteiger partial charge in [0.1, 0.15) is 11.5 Å². The summed E-state index contributed by atoms with van der Waals surface area (Å²) in [5.41, 5.74) is 2.07. The first-order valence-electron chi connectivity index (χ1n) is 8.42. The van der Waals surface area contributed by atoms with Gasteiger partial charge in [-0.3, -0.25) is 9.59 Å². The second kappa shape index (κ2) is 10.1. The molecule has 0 heterocycles. The van der Waals surface area contributed by atoms with Crippen LogP contribution < -0.4 is 14.8 Å². The van der Waals surface area contributed by atoms with Crippen LogP contribution in [0.25, 0.3) is 0 Å². The summed E-state index contributed by atoms with van der Waals surface area (Å²) in [6, 6.07) is 14.8. The van der Waals surface area contributed by atoms with E-state index in [1.165, 1.54) is 0 Å². The predicted octanol–water partition coefficient (Wildman–Crippen LogP) is 2.93. The first-order valence-corrected chi connectivity index (χ1v) is 8.42. The molecule has 0 aliphatic rings. The molecule has 0 aliphatic heterocycles. The van der Waals surface area contributed by atoms with Crippen LogP contribution in [0.4, 0.5) is 0 Å². The van der Waals surface area contributed by atoms with Crippen LogP contribution in [0.15, 0.2) is 48.5 Å². The maximum Gasteiger partial charge on any atom is 0.303 e. The zero-order valence-corrected chi connectivity index (χ0v) is 14.7. The average molecular weight is 357 g/mol. The molecule has 2 aromatic carbocycles. The second-order valence-electron chi connectivity index (χ2n) is 5.87. The van der Waals surface area contributed by atoms with Gasteiger partial charge in [-0.2, -0.15) is 0 Å². The van der Waals surface area contributed by atoms with Gasteiger partial charge in [0.2, 0.25) is 0 Å². The molecule has 6 heteroatoms. The Kier molecular flexibility index (Phi) is 7.49. The topological polar surface area (TPSA) is 84.9 Å². The van der Waals surface area contributed by atoms with Crippen LogP contribution >= 0.6 is 0 Å². The Hall–Kier alpha value is -3.02. The number of carbonyl (C=O) groups is 2. The Labute approximate surface area is 152 Å². The standard InChI is InChI=1S/C20H23NO5/c1-15-4-8-18(9-5-15)26-14-19(22)21-13-16-6-10-17(11-7-16)25-12-2-3-20(23)24/h4-11H,2-3,12-14H2,1H3,(H,21,22)(H,23,24). The van der Waals surface area contributed by atoms with Gasteiger partial charge in [-0.05, 0) is 43.2 Å². The van der Waals surface area contributed by atoms with Crippen molar-refractivity contribution < 1.29 is 24.2 Å². The van der Waals surface area contributed by atoms with E-state index in [0.717, 1.165) is 11.1 Å². The van der Waals surface area contributed by atoms with Gasteiger partial charge in [-0.1, -0.05) is 29.8 Å². The van der Waals surface area contributed by atoms with Crippen molar-refractivity contribution in [2.75, 3.05) is 13.2 Å². The van der Waals surface area contributed by atoms with Crippen LogP contribution in [0, 0.1) is 6.92 Å². The number of ether oxygens (including phenoxy) is 2. The maximum absolute atomic E-state index is 11.8. The van der Waals surface area contributed by atoms with Crippen molar-refractivity contribution in [3.63, 3.8) is 0 Å². The molecule has 0 saturated heterocycles. The molecule has 2 N–H and O–H groups in total. The Bertz CT molecular complexity index is 710. The third-order valence-electron chi connectivity index (χ3n) is 3.61. The monoisotopic (exact) mass is 357 g/mol. The Morgan fingerprint density at radius 2 is 1.58 bits per heavy atom. The van der Waals surface area contributed by atoms with E-state index >= 15 is 0 Å². The van der Waals surface area contributed by atoms with Crippen LogP contribution in [-0.4, -0.2) is 30.2 Å². The molecule has 0 aliphatic carbocycles. The van der Waals surface area contributed by atoms with Gasteiger partial charge in [0.05, 0.1) is 6.61 Å². The van der Waals surface area contributed by atoms with Gasteiger partial charge in [0.15, 0.2) is 6.61 Å². The fourth-order valence-corrected chi connectivity index (χ4v) is 2.15. The maximum atomic E-state index is 11.8. The number of aliphatic carboxylic acids is 1. The van der Waals surface area contributed by atoms with Gasteiger partial charge in [0.25, 0.3) is 5.91 Å². The molecule has 138 valence electrons. The molecule has 0 aromatic heterocycles. The van der Waals surface area contributed by atoms with Crippen LogP contribution in [0.1, 0.15) is 24.0 Å². The predicted molar refractivity (Wildman–Crippen MR) is 97.3 cm³/mol. The molecule has 0 bridgehead atoms. The molecule has 0 atom stereocenters. The molecule has 0 radical (unpaired) electrons. The number of carboxylic acids is 1. The lowest BCUT2D eigenvalue weighted by Gasteiger charge is -2.09. The zero-order valence-electron chi connectivity index (χ0n) is 14.7. The molecule has 0 spiro atoms. The van der Waals surface area contributed by atoms with Gasteiger partial charge < -0.3 is 19.9 Å². The fourth-order valence-electron chi connectivity index (χ4n) is 2.15. The zero-order chi connectivity index (χ0) is 18.8. The lowest BCUT2D eigenvalue weighted by molar-refractivity contribution is -0.137. The largest absolute Gasteiger partial charge is 0.494 e. The lowest BCUT2D eigenvalue weighted by Crippen LogP contribution is -2.28. The smallest absolute Gasteiger partial charge is 0.303 e. The second-order valence-corrected chi connectivity index (χ2v) is 5.87. The van der Waals surface area contributed by atoms with E-state index in [1.54, 1.807) is 12.1 Å². The van der Waals surface area contributed by atoms with Crippen molar-refractivity contribution in [1.29, 1.82) is 0 Å². The van der Waals surface area contributed by atoms with Crippen molar-refractivity contribution in [3.8, 4) is 11.5 Å². The summed E-state index contributed by atoms with van der Waals surface area (Å²) in [5, 5.41) is 11.4. The van der Waals surface area contributed by atoms with Crippen LogP contribution in [0.5, 0.6) is 11.5 Å². The summed E-state index contributed by atoms with van der Waals surface area (Å²) in [6.07, 6.45) is 0.558. The lowest BCUT2D eigenvalue weighted by atomic mass is 10.2. The molecular formula is C20H23NO5. The van der Waals surface area contributed by atoms with Gasteiger partial charge in [-0.15, -0.1) is 0 Å². The minimum atomic E-state index is -0.828. The highest BCUT2D eigenvalue weighted by atomic mass is 16.5. The molecule has 0 fully saturated rings. The molecule has 6 nitrogen and oxygen atoms in total. The molecule has 0 saturated carbocycles. The number of benzene rings is 2. The highest BCUT2D eigenvalue weighted by Gasteiger charge is 2.04. The van der Waals surface area contributed by atoms with E-state index in [-0.39, 0.29) is 18.9 Å². The third kappa shape index (κ3) is 7.25. The van der Waals surface area contributed by atoms with Crippen molar-refractivity contribution >= 4 is 11.9 Å². The third-order valence-corrected chi connectivity index (χ3v) is 3.61. The molecule has 2 aromatic rings. The van der Waals surface area contributed by atoms with Crippen molar-refractivity contribution in [3.05, 3.63) is 59.7 Å². The number of carboxylic acid groups (broad SMARTS) is 1. The number of nitrogens with one attached hydrogen (secondary N) is 1. The molecular weight excluding hydrogens is 334 g/mol. The first-order chi connectivity index (χ1) is 12.5. The number of rotatable bonds is 10. The Morgan fingerprint density at radius 1 is 0.962 bits per heavy atom. The fraction of sp³-hybridized carbons (Fsp3) is 0.300. The highest BCUT2D eigenvalue weighted by Crippen LogP contribution is 2.13. The summed E-state index contributed by atoms with van der Waals surface area (Å²) in [4.78, 5) is 22.3. The number of aryl methyl sites for hydroxylation is 1.